The summed E-state index contributed by atoms with van der Waals surface area (Å²) in [6.07, 6.45) is 1.27. The van der Waals surface area contributed by atoms with Crippen molar-refractivity contribution in [3.63, 3.8) is 0 Å². The van der Waals surface area contributed by atoms with Gasteiger partial charge in [-0.2, -0.15) is 0 Å². The van der Waals surface area contributed by atoms with Crippen molar-refractivity contribution < 1.29 is 9.53 Å². The number of thioether (sulfide) groups is 1. The van der Waals surface area contributed by atoms with Gasteiger partial charge >= 0.3 is 0 Å². The van der Waals surface area contributed by atoms with Gasteiger partial charge in [-0.05, 0) is 24.3 Å². The molecule has 0 radical (unpaired) electrons. The van der Waals surface area contributed by atoms with Crippen molar-refractivity contribution in [3.8, 4) is 5.75 Å². The maximum absolute atomic E-state index is 13.0. The van der Waals surface area contributed by atoms with Crippen LogP contribution in [-0.2, 0) is 4.79 Å². The molecular formula is C20H17BrN4O2S. The number of ether oxygens (including phenoxy) is 1. The van der Waals surface area contributed by atoms with Gasteiger partial charge in [0.25, 0.3) is 5.91 Å². The molecule has 2 aliphatic rings. The molecule has 0 aromatic heterocycles. The Labute approximate surface area is 174 Å². The quantitative estimate of drug-likeness (QED) is 0.717. The van der Waals surface area contributed by atoms with Crippen LogP contribution in [0.3, 0.4) is 0 Å². The molecule has 8 heteroatoms. The molecule has 0 spiro atoms. The molecule has 1 atom stereocenters. The van der Waals surface area contributed by atoms with Crippen LogP contribution in [0.5, 0.6) is 5.75 Å². The van der Waals surface area contributed by atoms with Crippen LogP contribution in [0.25, 0.3) is 5.70 Å². The molecule has 0 saturated carbocycles. The van der Waals surface area contributed by atoms with E-state index in [9.17, 15) is 4.79 Å². The molecule has 28 heavy (non-hydrogen) atoms. The number of benzene rings is 2. The lowest BCUT2D eigenvalue weighted by Crippen LogP contribution is -2.50. The summed E-state index contributed by atoms with van der Waals surface area (Å²) >= 11 is 5.02. The highest BCUT2D eigenvalue weighted by atomic mass is 79.9. The molecular weight excluding hydrogens is 440 g/mol. The molecule has 0 bridgehead atoms. The first kappa shape index (κ1) is 18.8. The number of hydrogen-bond donors (Lipinski definition) is 1. The fraction of sp³-hybridized carbons (Fsp3) is 0.150. The second-order valence-electron chi connectivity index (χ2n) is 6.06. The van der Waals surface area contributed by atoms with Gasteiger partial charge in [0.1, 0.15) is 11.4 Å². The summed E-state index contributed by atoms with van der Waals surface area (Å²) in [5.41, 5.74) is 1.34. The van der Waals surface area contributed by atoms with Crippen LogP contribution in [0.1, 0.15) is 11.7 Å². The number of hydrazone groups is 1. The average molecular weight is 457 g/mol. The van der Waals surface area contributed by atoms with Gasteiger partial charge in [-0.15, -0.1) is 11.7 Å². The number of amides is 1. The summed E-state index contributed by atoms with van der Waals surface area (Å²) in [7, 11) is 1.62. The second-order valence-corrected chi connectivity index (χ2v) is 7.92. The molecule has 0 saturated heterocycles. The van der Waals surface area contributed by atoms with E-state index in [1.54, 1.807) is 18.2 Å². The normalized spacial score (nSPS) is 17.7. The third-order valence-electron chi connectivity index (χ3n) is 4.33. The lowest BCUT2D eigenvalue weighted by molar-refractivity contribution is -0.116. The van der Waals surface area contributed by atoms with Crippen LogP contribution < -0.4 is 20.6 Å². The highest BCUT2D eigenvalue weighted by Gasteiger charge is 2.35. The topological polar surface area (TPSA) is 66.3 Å². The molecule has 4 rings (SSSR count). The maximum atomic E-state index is 13.0. The predicted molar refractivity (Wildman–Crippen MR) is 114 cm³/mol. The number of carbonyl (C=O) groups excluding carboxylic acids is 1. The Morgan fingerprint density at radius 2 is 2.18 bits per heavy atom. The first-order chi connectivity index (χ1) is 13.6. The number of nitrogens with zero attached hydrogens (tertiary/aromatic N) is 3. The number of rotatable bonds is 4. The fourth-order valence-electron chi connectivity index (χ4n) is 3.08. The van der Waals surface area contributed by atoms with Gasteiger partial charge in [-0.25, -0.2) is 5.01 Å². The molecule has 0 fully saturated rings. The second kappa shape index (κ2) is 7.81. The predicted octanol–water partition coefficient (Wildman–Crippen LogP) is 2.52. The van der Waals surface area contributed by atoms with E-state index >= 15 is 0 Å². The summed E-state index contributed by atoms with van der Waals surface area (Å²) in [6.45, 7) is 3.72. The van der Waals surface area contributed by atoms with Crippen molar-refractivity contribution >= 4 is 44.5 Å². The van der Waals surface area contributed by atoms with Gasteiger partial charge in [-0.1, -0.05) is 52.0 Å². The SMILES string of the molecule is C=CCSC1=NN2C(=c3ccccc3=N[C@H]2c2cc(OC)ccc2Br)C(=O)N1. The lowest BCUT2D eigenvalue weighted by atomic mass is 10.1. The largest absolute Gasteiger partial charge is 0.497 e. The Morgan fingerprint density at radius 1 is 1.36 bits per heavy atom. The van der Waals surface area contributed by atoms with Gasteiger partial charge in [0.05, 0.1) is 12.5 Å². The van der Waals surface area contributed by atoms with E-state index in [1.807, 2.05) is 42.5 Å². The first-order valence-electron chi connectivity index (χ1n) is 8.56. The van der Waals surface area contributed by atoms with Crippen molar-refractivity contribution in [2.45, 2.75) is 6.17 Å². The molecule has 2 heterocycles. The van der Waals surface area contributed by atoms with Crippen molar-refractivity contribution in [1.82, 2.24) is 10.3 Å². The Kier molecular flexibility index (Phi) is 5.23. The summed E-state index contributed by atoms with van der Waals surface area (Å²) < 4.78 is 6.25. The monoisotopic (exact) mass is 456 g/mol. The smallest absolute Gasteiger partial charge is 0.276 e. The average Bonchev–Trinajstić information content (AvgIpc) is 2.72. The zero-order valence-corrected chi connectivity index (χ0v) is 17.5. The van der Waals surface area contributed by atoms with Crippen LogP contribution in [0.2, 0.25) is 0 Å². The van der Waals surface area contributed by atoms with Crippen LogP contribution >= 0.6 is 27.7 Å². The van der Waals surface area contributed by atoms with Crippen LogP contribution in [-0.4, -0.2) is 28.9 Å². The minimum atomic E-state index is -0.500. The molecule has 6 nitrogen and oxygen atoms in total. The third-order valence-corrected chi connectivity index (χ3v) is 5.92. The Bertz CT molecular complexity index is 1120. The number of methoxy groups -OCH3 is 1. The number of fused-ring (bicyclic) bond motifs is 2. The lowest BCUT2D eigenvalue weighted by Gasteiger charge is -2.34. The van der Waals surface area contributed by atoms with Gasteiger partial charge in [0, 0.05) is 21.0 Å². The van der Waals surface area contributed by atoms with Crippen LogP contribution in [0.15, 0.2) is 69.7 Å². The molecule has 1 amide bonds. The van der Waals surface area contributed by atoms with Gasteiger partial charge < -0.3 is 4.74 Å². The number of carbonyl (C=O) groups is 1. The van der Waals surface area contributed by atoms with Crippen molar-refractivity contribution in [3.05, 3.63) is 75.7 Å². The van der Waals surface area contributed by atoms with E-state index in [4.69, 9.17) is 9.73 Å². The molecule has 0 aliphatic carbocycles. The molecule has 2 aromatic rings. The zero-order valence-electron chi connectivity index (χ0n) is 15.1. The fourth-order valence-corrected chi connectivity index (χ4v) is 4.12. The zero-order chi connectivity index (χ0) is 19.7. The minimum Gasteiger partial charge on any atom is -0.497 e. The van der Waals surface area contributed by atoms with Crippen molar-refractivity contribution in [2.24, 2.45) is 10.1 Å². The molecule has 0 unspecified atom stereocenters. The van der Waals surface area contributed by atoms with E-state index in [0.29, 0.717) is 22.4 Å². The minimum absolute atomic E-state index is 0.201. The maximum Gasteiger partial charge on any atom is 0.276 e. The van der Waals surface area contributed by atoms with Gasteiger partial charge in [0.15, 0.2) is 11.3 Å². The van der Waals surface area contributed by atoms with Gasteiger partial charge in [-0.3, -0.25) is 15.1 Å². The molecule has 142 valence electrons. The number of amidine groups is 1. The number of para-hydroxylation sites is 1. The Hall–Kier alpha value is -2.58. The Morgan fingerprint density at radius 3 is 2.96 bits per heavy atom. The Balaban J connectivity index is 1.93. The van der Waals surface area contributed by atoms with Crippen molar-refractivity contribution in [2.75, 3.05) is 12.9 Å². The van der Waals surface area contributed by atoms with Gasteiger partial charge in [0.2, 0.25) is 0 Å². The van der Waals surface area contributed by atoms with Crippen LogP contribution in [0.4, 0.5) is 0 Å². The highest BCUT2D eigenvalue weighted by Crippen LogP contribution is 2.36. The summed E-state index contributed by atoms with van der Waals surface area (Å²) in [4.78, 5) is 17.9. The van der Waals surface area contributed by atoms with Crippen molar-refractivity contribution in [1.29, 1.82) is 0 Å². The summed E-state index contributed by atoms with van der Waals surface area (Å²) in [5, 5.41) is 11.3. The van der Waals surface area contributed by atoms with Crippen LogP contribution in [0, 0.1) is 0 Å². The number of nitrogens with one attached hydrogen (secondary N) is 1. The van der Waals surface area contributed by atoms with E-state index in [-0.39, 0.29) is 5.91 Å². The van der Waals surface area contributed by atoms with E-state index in [0.717, 1.165) is 20.6 Å². The van der Waals surface area contributed by atoms with E-state index < -0.39 is 6.17 Å². The molecule has 2 aliphatic heterocycles. The standard InChI is InChI=1S/C20H17BrN4O2S/c1-3-10-28-20-23-19(26)17-13-6-4-5-7-16(13)22-18(25(17)24-20)14-11-12(27-2)8-9-15(14)21/h3-9,11,18H,1,10H2,2H3,(H,23,24,26)/t18-/m1/s1. The molecule has 2 aromatic carbocycles. The number of halogens is 1. The third kappa shape index (κ3) is 3.33. The highest BCUT2D eigenvalue weighted by molar-refractivity contribution is 9.10. The van der Waals surface area contributed by atoms with E-state index in [1.165, 1.54) is 11.8 Å². The van der Waals surface area contributed by atoms with E-state index in [2.05, 4.69) is 32.9 Å². The molecule has 1 N–H and O–H groups in total. The summed E-state index contributed by atoms with van der Waals surface area (Å²) in [6, 6.07) is 13.3. The number of hydrogen-bond acceptors (Lipinski definition) is 6. The first-order valence-corrected chi connectivity index (χ1v) is 10.3. The summed E-state index contributed by atoms with van der Waals surface area (Å²) in [5.74, 6) is 1.15.